The molecule has 0 bridgehead atoms. The van der Waals surface area contributed by atoms with E-state index in [-0.39, 0.29) is 5.91 Å². The molecule has 0 saturated carbocycles. The number of likely N-dealkylation sites (N-methyl/N-ethyl adjacent to an activating group) is 1. The molecule has 0 radical (unpaired) electrons. The van der Waals surface area contributed by atoms with Gasteiger partial charge in [0.1, 0.15) is 5.54 Å². The summed E-state index contributed by atoms with van der Waals surface area (Å²) in [6.45, 7) is 10.0. The third-order valence-electron chi connectivity index (χ3n) is 4.10. The van der Waals surface area contributed by atoms with Crippen LogP contribution in [-0.2, 0) is 10.3 Å². The number of carbonyl (C=O) groups is 1. The van der Waals surface area contributed by atoms with Crippen molar-refractivity contribution in [3.05, 3.63) is 34.4 Å². The van der Waals surface area contributed by atoms with E-state index in [1.165, 1.54) is 16.7 Å². The molecule has 1 aliphatic heterocycles. The van der Waals surface area contributed by atoms with E-state index in [0.717, 1.165) is 25.1 Å². The Bertz CT molecular complexity index is 486. The van der Waals surface area contributed by atoms with Crippen molar-refractivity contribution in [2.45, 2.75) is 39.7 Å². The molecular formula is C16H24N2O. The highest BCUT2D eigenvalue weighted by Gasteiger charge is 2.40. The molecular weight excluding hydrogens is 236 g/mol. The average Bonchev–Trinajstić information content (AvgIpc) is 2.42. The van der Waals surface area contributed by atoms with Gasteiger partial charge in [-0.2, -0.15) is 0 Å². The zero-order chi connectivity index (χ0) is 14.2. The molecule has 1 heterocycles. The van der Waals surface area contributed by atoms with Crippen molar-refractivity contribution in [1.82, 2.24) is 10.2 Å². The van der Waals surface area contributed by atoms with Crippen LogP contribution >= 0.6 is 0 Å². The summed E-state index contributed by atoms with van der Waals surface area (Å²) in [5, 5.41) is 3.46. The van der Waals surface area contributed by atoms with Gasteiger partial charge in [-0.25, -0.2) is 0 Å². The van der Waals surface area contributed by atoms with Gasteiger partial charge in [0.15, 0.2) is 0 Å². The lowest BCUT2D eigenvalue weighted by Crippen LogP contribution is -2.51. The van der Waals surface area contributed by atoms with Crippen LogP contribution in [0.4, 0.5) is 0 Å². The number of benzene rings is 1. The van der Waals surface area contributed by atoms with Crippen molar-refractivity contribution in [3.8, 4) is 0 Å². The van der Waals surface area contributed by atoms with Gasteiger partial charge in [0.25, 0.3) is 0 Å². The lowest BCUT2D eigenvalue weighted by Gasteiger charge is -2.33. The second-order valence-corrected chi connectivity index (χ2v) is 5.91. The first-order valence-electron chi connectivity index (χ1n) is 6.95. The van der Waals surface area contributed by atoms with Crippen molar-refractivity contribution < 1.29 is 4.79 Å². The zero-order valence-electron chi connectivity index (χ0n) is 12.6. The first-order valence-corrected chi connectivity index (χ1v) is 6.95. The Morgan fingerprint density at radius 1 is 1.21 bits per heavy atom. The van der Waals surface area contributed by atoms with Gasteiger partial charge >= 0.3 is 0 Å². The Morgan fingerprint density at radius 3 is 2.37 bits per heavy atom. The maximum absolute atomic E-state index is 12.7. The molecule has 3 heteroatoms. The fraction of sp³-hybridized carbons (Fsp3) is 0.562. The predicted octanol–water partition coefficient (Wildman–Crippen LogP) is 2.28. The number of amides is 1. The van der Waals surface area contributed by atoms with Gasteiger partial charge in [0, 0.05) is 13.6 Å². The minimum atomic E-state index is -0.604. The van der Waals surface area contributed by atoms with E-state index in [4.69, 9.17) is 0 Å². The van der Waals surface area contributed by atoms with Gasteiger partial charge in [-0.1, -0.05) is 17.7 Å². The summed E-state index contributed by atoms with van der Waals surface area (Å²) >= 11 is 0. The van der Waals surface area contributed by atoms with E-state index in [1.54, 1.807) is 0 Å². The first-order chi connectivity index (χ1) is 8.86. The lowest BCUT2D eigenvalue weighted by molar-refractivity contribution is -0.135. The number of carbonyl (C=O) groups excluding carboxylic acids is 1. The smallest absolute Gasteiger partial charge is 0.246 e. The number of nitrogens with zero attached hydrogens (tertiary/aromatic N) is 1. The van der Waals surface area contributed by atoms with E-state index in [2.05, 4.69) is 38.2 Å². The fourth-order valence-electron chi connectivity index (χ4n) is 3.38. The minimum Gasteiger partial charge on any atom is -0.344 e. The molecule has 0 aliphatic carbocycles. The Balaban J connectivity index is 2.57. The summed E-state index contributed by atoms with van der Waals surface area (Å²) in [5.74, 6) is 0.167. The van der Waals surface area contributed by atoms with Crippen LogP contribution in [-0.4, -0.2) is 30.9 Å². The highest BCUT2D eigenvalue weighted by Crippen LogP contribution is 2.31. The van der Waals surface area contributed by atoms with Gasteiger partial charge < -0.3 is 4.90 Å². The quantitative estimate of drug-likeness (QED) is 0.840. The predicted molar refractivity (Wildman–Crippen MR) is 78.3 cm³/mol. The SMILES string of the molecule is Cc1cc(C)c(C2(C)NCCCN(C)C2=O)c(C)c1. The molecule has 19 heavy (non-hydrogen) atoms. The second-order valence-electron chi connectivity index (χ2n) is 5.91. The number of rotatable bonds is 1. The summed E-state index contributed by atoms with van der Waals surface area (Å²) in [4.78, 5) is 14.6. The first kappa shape index (κ1) is 14.1. The minimum absolute atomic E-state index is 0.167. The van der Waals surface area contributed by atoms with Crippen molar-refractivity contribution >= 4 is 5.91 Å². The molecule has 2 rings (SSSR count). The number of aryl methyl sites for hydroxylation is 3. The molecule has 104 valence electrons. The zero-order valence-corrected chi connectivity index (χ0v) is 12.6. The third-order valence-corrected chi connectivity index (χ3v) is 4.10. The Hall–Kier alpha value is -1.35. The van der Waals surface area contributed by atoms with Gasteiger partial charge in [0.05, 0.1) is 0 Å². The largest absolute Gasteiger partial charge is 0.344 e. The molecule has 1 aromatic carbocycles. The summed E-state index contributed by atoms with van der Waals surface area (Å²) < 4.78 is 0. The van der Waals surface area contributed by atoms with Crippen LogP contribution in [0.25, 0.3) is 0 Å². The molecule has 1 N–H and O–H groups in total. The normalized spacial score (nSPS) is 24.5. The Morgan fingerprint density at radius 2 is 1.79 bits per heavy atom. The van der Waals surface area contributed by atoms with Gasteiger partial charge in [-0.15, -0.1) is 0 Å². The van der Waals surface area contributed by atoms with Crippen LogP contribution in [0.1, 0.15) is 35.6 Å². The van der Waals surface area contributed by atoms with E-state index in [1.807, 2.05) is 18.9 Å². The van der Waals surface area contributed by atoms with Gasteiger partial charge in [-0.05, 0) is 57.4 Å². The fourth-order valence-corrected chi connectivity index (χ4v) is 3.38. The van der Waals surface area contributed by atoms with Gasteiger partial charge in [0.2, 0.25) is 5.91 Å². The molecule has 1 aliphatic rings. The van der Waals surface area contributed by atoms with E-state index >= 15 is 0 Å². The number of nitrogens with one attached hydrogen (secondary N) is 1. The standard InChI is InChI=1S/C16H24N2O/c1-11-9-12(2)14(13(3)10-11)16(4)15(19)18(5)8-6-7-17-16/h9-10,17H,6-8H2,1-5H3. The van der Waals surface area contributed by atoms with Crippen LogP contribution in [0, 0.1) is 20.8 Å². The summed E-state index contributed by atoms with van der Waals surface area (Å²) in [7, 11) is 1.90. The summed E-state index contributed by atoms with van der Waals surface area (Å²) in [6.07, 6.45) is 1.00. The van der Waals surface area contributed by atoms with Crippen molar-refractivity contribution in [1.29, 1.82) is 0 Å². The molecule has 1 aromatic rings. The highest BCUT2D eigenvalue weighted by molar-refractivity contribution is 5.88. The number of hydrogen-bond acceptors (Lipinski definition) is 2. The van der Waals surface area contributed by atoms with Crippen LogP contribution in [0.3, 0.4) is 0 Å². The Labute approximate surface area is 116 Å². The number of hydrogen-bond donors (Lipinski definition) is 1. The summed E-state index contributed by atoms with van der Waals surface area (Å²) in [5.41, 5.74) is 4.16. The molecule has 1 unspecified atom stereocenters. The van der Waals surface area contributed by atoms with Crippen LogP contribution in [0.2, 0.25) is 0 Å². The van der Waals surface area contributed by atoms with E-state index in [9.17, 15) is 4.79 Å². The highest BCUT2D eigenvalue weighted by atomic mass is 16.2. The van der Waals surface area contributed by atoms with Crippen molar-refractivity contribution in [2.24, 2.45) is 0 Å². The molecule has 1 fully saturated rings. The summed E-state index contributed by atoms with van der Waals surface area (Å²) in [6, 6.07) is 4.32. The van der Waals surface area contributed by atoms with Gasteiger partial charge in [-0.3, -0.25) is 10.1 Å². The van der Waals surface area contributed by atoms with Crippen LogP contribution in [0.15, 0.2) is 12.1 Å². The van der Waals surface area contributed by atoms with Crippen LogP contribution in [0.5, 0.6) is 0 Å². The van der Waals surface area contributed by atoms with E-state index < -0.39 is 5.54 Å². The molecule has 3 nitrogen and oxygen atoms in total. The monoisotopic (exact) mass is 260 g/mol. The van der Waals surface area contributed by atoms with Crippen molar-refractivity contribution in [2.75, 3.05) is 20.1 Å². The molecule has 1 atom stereocenters. The average molecular weight is 260 g/mol. The molecule has 0 spiro atoms. The van der Waals surface area contributed by atoms with E-state index in [0.29, 0.717) is 0 Å². The maximum atomic E-state index is 12.7. The second kappa shape index (κ2) is 4.97. The Kier molecular flexibility index (Phi) is 3.68. The topological polar surface area (TPSA) is 32.3 Å². The lowest BCUT2D eigenvalue weighted by atomic mass is 9.83. The molecule has 1 saturated heterocycles. The van der Waals surface area contributed by atoms with Crippen molar-refractivity contribution in [3.63, 3.8) is 0 Å². The third kappa shape index (κ3) is 2.39. The maximum Gasteiger partial charge on any atom is 0.246 e. The molecule has 1 amide bonds. The van der Waals surface area contributed by atoms with Crippen LogP contribution < -0.4 is 5.32 Å². The molecule has 0 aromatic heterocycles.